The molecule has 0 radical (unpaired) electrons. The van der Waals surface area contributed by atoms with Crippen molar-refractivity contribution in [3.63, 3.8) is 0 Å². The lowest BCUT2D eigenvalue weighted by Crippen LogP contribution is -2.29. The lowest BCUT2D eigenvalue weighted by molar-refractivity contribution is -0.123. The third kappa shape index (κ3) is 4.66. The second kappa shape index (κ2) is 6.83. The zero-order valence-electron chi connectivity index (χ0n) is 11.0. The molecular weight excluding hydrogens is 240 g/mol. The first-order valence-corrected chi connectivity index (χ1v) is 6.67. The summed E-state index contributed by atoms with van der Waals surface area (Å²) in [7, 11) is 0. The van der Waals surface area contributed by atoms with Gasteiger partial charge in [-0.2, -0.15) is 0 Å². The van der Waals surface area contributed by atoms with E-state index in [1.807, 2.05) is 0 Å². The fraction of sp³-hybridized carbons (Fsp3) is 0.400. The summed E-state index contributed by atoms with van der Waals surface area (Å²) in [4.78, 5) is 11.6. The molecule has 1 aromatic carbocycles. The summed E-state index contributed by atoms with van der Waals surface area (Å²) in [5, 5.41) is 2.86. The van der Waals surface area contributed by atoms with E-state index in [0.29, 0.717) is 18.0 Å². The van der Waals surface area contributed by atoms with Crippen LogP contribution in [0.25, 0.3) is 0 Å². The molecule has 1 aromatic rings. The van der Waals surface area contributed by atoms with Gasteiger partial charge in [0.15, 0.2) is 6.61 Å². The molecule has 1 aliphatic rings. The molecular formula is C15H20N2O2. The average Bonchev–Trinajstić information content (AvgIpc) is 2.91. The van der Waals surface area contributed by atoms with Gasteiger partial charge in [0, 0.05) is 12.2 Å². The Hall–Kier alpha value is -1.97. The van der Waals surface area contributed by atoms with Crippen LogP contribution in [0.2, 0.25) is 0 Å². The van der Waals surface area contributed by atoms with Crippen LogP contribution in [0, 0.1) is 0 Å². The van der Waals surface area contributed by atoms with Crippen molar-refractivity contribution in [2.45, 2.75) is 25.7 Å². The summed E-state index contributed by atoms with van der Waals surface area (Å²) >= 11 is 0. The van der Waals surface area contributed by atoms with Crippen LogP contribution in [0.15, 0.2) is 35.9 Å². The highest BCUT2D eigenvalue weighted by atomic mass is 16.5. The standard InChI is InChI=1S/C15H20N2O2/c16-13-5-7-14(8-6-13)19-11-15(18)17-10-9-12-3-1-2-4-12/h3,5-8H,1-2,4,9-11,16H2,(H,17,18). The van der Waals surface area contributed by atoms with Crippen molar-refractivity contribution in [3.8, 4) is 5.75 Å². The van der Waals surface area contributed by atoms with Crippen molar-refractivity contribution in [3.05, 3.63) is 35.9 Å². The molecule has 0 spiro atoms. The molecule has 0 unspecified atom stereocenters. The number of amides is 1. The Balaban J connectivity index is 1.62. The van der Waals surface area contributed by atoms with Gasteiger partial charge in [-0.25, -0.2) is 0 Å². The van der Waals surface area contributed by atoms with Crippen molar-refractivity contribution >= 4 is 11.6 Å². The summed E-state index contributed by atoms with van der Waals surface area (Å²) in [6.45, 7) is 0.735. The van der Waals surface area contributed by atoms with Crippen LogP contribution >= 0.6 is 0 Å². The van der Waals surface area contributed by atoms with Crippen molar-refractivity contribution in [2.75, 3.05) is 18.9 Å². The molecule has 0 aliphatic heterocycles. The second-order valence-corrected chi connectivity index (χ2v) is 4.71. The van der Waals surface area contributed by atoms with E-state index in [9.17, 15) is 4.79 Å². The first-order chi connectivity index (χ1) is 9.24. The highest BCUT2D eigenvalue weighted by molar-refractivity contribution is 5.77. The number of nitrogens with one attached hydrogen (secondary N) is 1. The Morgan fingerprint density at radius 2 is 2.11 bits per heavy atom. The lowest BCUT2D eigenvalue weighted by Gasteiger charge is -2.08. The number of nitrogens with two attached hydrogens (primary N) is 1. The molecule has 102 valence electrons. The van der Waals surface area contributed by atoms with Gasteiger partial charge in [-0.3, -0.25) is 4.79 Å². The molecule has 1 amide bonds. The quantitative estimate of drug-likeness (QED) is 0.609. The molecule has 0 saturated carbocycles. The van der Waals surface area contributed by atoms with E-state index in [4.69, 9.17) is 10.5 Å². The summed E-state index contributed by atoms with van der Waals surface area (Å²) in [5.74, 6) is 0.568. The Morgan fingerprint density at radius 3 is 2.79 bits per heavy atom. The highest BCUT2D eigenvalue weighted by Gasteiger charge is 2.06. The van der Waals surface area contributed by atoms with Crippen LogP contribution in [0.5, 0.6) is 5.75 Å². The summed E-state index contributed by atoms with van der Waals surface area (Å²) in [6, 6.07) is 7.01. The van der Waals surface area contributed by atoms with Gasteiger partial charge in [-0.1, -0.05) is 11.6 Å². The van der Waals surface area contributed by atoms with Gasteiger partial charge >= 0.3 is 0 Å². The molecule has 19 heavy (non-hydrogen) atoms. The summed E-state index contributed by atoms with van der Waals surface area (Å²) < 4.78 is 5.36. The lowest BCUT2D eigenvalue weighted by atomic mass is 10.2. The number of hydrogen-bond donors (Lipinski definition) is 2. The van der Waals surface area contributed by atoms with Gasteiger partial charge < -0.3 is 15.8 Å². The van der Waals surface area contributed by atoms with Crippen molar-refractivity contribution in [2.24, 2.45) is 0 Å². The predicted molar refractivity (Wildman–Crippen MR) is 75.9 cm³/mol. The SMILES string of the molecule is Nc1ccc(OCC(=O)NCCC2=CCCC2)cc1. The van der Waals surface area contributed by atoms with E-state index in [1.165, 1.54) is 24.8 Å². The normalized spacial score (nSPS) is 14.0. The molecule has 4 nitrogen and oxygen atoms in total. The van der Waals surface area contributed by atoms with Crippen LogP contribution in [-0.2, 0) is 4.79 Å². The zero-order valence-corrected chi connectivity index (χ0v) is 11.0. The first kappa shape index (κ1) is 13.5. The minimum atomic E-state index is -0.0876. The summed E-state index contributed by atoms with van der Waals surface area (Å²) in [5.41, 5.74) is 7.71. The minimum absolute atomic E-state index is 0.0446. The van der Waals surface area contributed by atoms with Gasteiger partial charge in [0.2, 0.25) is 0 Å². The van der Waals surface area contributed by atoms with Gasteiger partial charge in [-0.15, -0.1) is 0 Å². The van der Waals surface area contributed by atoms with Crippen molar-refractivity contribution in [1.82, 2.24) is 5.32 Å². The fourth-order valence-electron chi connectivity index (χ4n) is 2.09. The Morgan fingerprint density at radius 1 is 1.32 bits per heavy atom. The maximum absolute atomic E-state index is 11.6. The fourth-order valence-corrected chi connectivity index (χ4v) is 2.09. The van der Waals surface area contributed by atoms with Gasteiger partial charge in [-0.05, 0) is 49.9 Å². The molecule has 2 rings (SSSR count). The number of carbonyl (C=O) groups is 1. The van der Waals surface area contributed by atoms with E-state index in [0.717, 1.165) is 6.42 Å². The van der Waals surface area contributed by atoms with Gasteiger partial charge in [0.25, 0.3) is 5.91 Å². The molecule has 4 heteroatoms. The van der Waals surface area contributed by atoms with Crippen LogP contribution in [0.3, 0.4) is 0 Å². The maximum Gasteiger partial charge on any atom is 0.257 e. The smallest absolute Gasteiger partial charge is 0.257 e. The van der Waals surface area contributed by atoms with Crippen LogP contribution < -0.4 is 15.8 Å². The molecule has 0 aromatic heterocycles. The molecule has 0 atom stereocenters. The zero-order chi connectivity index (χ0) is 13.5. The largest absolute Gasteiger partial charge is 0.484 e. The number of carbonyl (C=O) groups excluding carboxylic acids is 1. The molecule has 0 saturated heterocycles. The van der Waals surface area contributed by atoms with E-state index in [-0.39, 0.29) is 12.5 Å². The van der Waals surface area contributed by atoms with E-state index >= 15 is 0 Å². The van der Waals surface area contributed by atoms with Crippen LogP contribution in [-0.4, -0.2) is 19.1 Å². The predicted octanol–water partition coefficient (Wildman–Crippen LogP) is 2.26. The van der Waals surface area contributed by atoms with E-state index in [2.05, 4.69) is 11.4 Å². The van der Waals surface area contributed by atoms with Crippen molar-refractivity contribution < 1.29 is 9.53 Å². The monoisotopic (exact) mass is 260 g/mol. The third-order valence-electron chi connectivity index (χ3n) is 3.15. The third-order valence-corrected chi connectivity index (χ3v) is 3.15. The first-order valence-electron chi connectivity index (χ1n) is 6.67. The molecule has 0 fully saturated rings. The van der Waals surface area contributed by atoms with E-state index < -0.39 is 0 Å². The number of nitrogen functional groups attached to an aromatic ring is 1. The molecule has 3 N–H and O–H groups in total. The Bertz CT molecular complexity index is 452. The minimum Gasteiger partial charge on any atom is -0.484 e. The van der Waals surface area contributed by atoms with E-state index in [1.54, 1.807) is 24.3 Å². The highest BCUT2D eigenvalue weighted by Crippen LogP contribution is 2.19. The Labute approximate surface area is 113 Å². The van der Waals surface area contributed by atoms with Crippen molar-refractivity contribution in [1.29, 1.82) is 0 Å². The molecule has 1 aliphatic carbocycles. The Kier molecular flexibility index (Phi) is 4.84. The van der Waals surface area contributed by atoms with Crippen LogP contribution in [0.1, 0.15) is 25.7 Å². The number of hydrogen-bond acceptors (Lipinski definition) is 3. The summed E-state index contributed by atoms with van der Waals surface area (Å²) in [6.07, 6.45) is 6.84. The van der Waals surface area contributed by atoms with Gasteiger partial charge in [0.05, 0.1) is 0 Å². The number of allylic oxidation sites excluding steroid dienone is 1. The number of anilines is 1. The average molecular weight is 260 g/mol. The topological polar surface area (TPSA) is 64.3 Å². The second-order valence-electron chi connectivity index (χ2n) is 4.71. The van der Waals surface area contributed by atoms with Crippen LogP contribution in [0.4, 0.5) is 5.69 Å². The molecule has 0 heterocycles. The van der Waals surface area contributed by atoms with Gasteiger partial charge in [0.1, 0.15) is 5.75 Å². The number of rotatable bonds is 6. The maximum atomic E-state index is 11.6. The molecule has 0 bridgehead atoms. The number of benzene rings is 1. The number of ether oxygens (including phenoxy) is 1.